The standard InChI is InChI=1S/C16H25NO/c1-12(2)18-16-10-5-4-7-15(16)11-17-13(3)14-8-6-9-14/h4-5,7,10,12-14,17H,6,8-9,11H2,1-3H3. The molecule has 0 aliphatic heterocycles. The Bertz CT molecular complexity index is 371. The van der Waals surface area contributed by atoms with Gasteiger partial charge in [-0.05, 0) is 45.6 Å². The van der Waals surface area contributed by atoms with Gasteiger partial charge in [-0.1, -0.05) is 24.6 Å². The molecule has 0 radical (unpaired) electrons. The van der Waals surface area contributed by atoms with Crippen molar-refractivity contribution in [3.05, 3.63) is 29.8 Å². The number of hydrogen-bond donors (Lipinski definition) is 1. The predicted octanol–water partition coefficient (Wildman–Crippen LogP) is 3.75. The molecule has 18 heavy (non-hydrogen) atoms. The molecule has 0 bridgehead atoms. The molecule has 2 rings (SSSR count). The minimum Gasteiger partial charge on any atom is -0.491 e. The SMILES string of the molecule is CC(C)Oc1ccccc1CNC(C)C1CCC1. The zero-order chi connectivity index (χ0) is 13.0. The number of nitrogens with one attached hydrogen (secondary N) is 1. The molecule has 1 unspecified atom stereocenters. The van der Waals surface area contributed by atoms with E-state index >= 15 is 0 Å². The first-order valence-corrected chi connectivity index (χ1v) is 7.14. The summed E-state index contributed by atoms with van der Waals surface area (Å²) in [5.41, 5.74) is 1.26. The third-order valence-corrected chi connectivity index (χ3v) is 3.81. The molecular formula is C16H25NO. The monoisotopic (exact) mass is 247 g/mol. The van der Waals surface area contributed by atoms with Gasteiger partial charge in [-0.2, -0.15) is 0 Å². The minimum absolute atomic E-state index is 0.232. The summed E-state index contributed by atoms with van der Waals surface area (Å²) in [5.74, 6) is 1.89. The van der Waals surface area contributed by atoms with Gasteiger partial charge in [0, 0.05) is 18.2 Å². The molecular weight excluding hydrogens is 222 g/mol. The van der Waals surface area contributed by atoms with Gasteiger partial charge >= 0.3 is 0 Å². The fourth-order valence-electron chi connectivity index (χ4n) is 2.40. The molecule has 1 aliphatic carbocycles. The van der Waals surface area contributed by atoms with E-state index in [4.69, 9.17) is 4.74 Å². The zero-order valence-corrected chi connectivity index (χ0v) is 11.8. The van der Waals surface area contributed by atoms with Crippen molar-refractivity contribution in [2.45, 2.75) is 58.7 Å². The predicted molar refractivity (Wildman–Crippen MR) is 75.8 cm³/mol. The highest BCUT2D eigenvalue weighted by Crippen LogP contribution is 2.29. The van der Waals surface area contributed by atoms with E-state index < -0.39 is 0 Å². The van der Waals surface area contributed by atoms with Crippen LogP contribution >= 0.6 is 0 Å². The smallest absolute Gasteiger partial charge is 0.124 e. The molecule has 1 aromatic carbocycles. The first kappa shape index (κ1) is 13.4. The van der Waals surface area contributed by atoms with Gasteiger partial charge in [0.05, 0.1) is 6.10 Å². The van der Waals surface area contributed by atoms with Gasteiger partial charge in [0.1, 0.15) is 5.75 Å². The Labute approximate surface area is 111 Å². The van der Waals surface area contributed by atoms with Crippen LogP contribution in [0.25, 0.3) is 0 Å². The fraction of sp³-hybridized carbons (Fsp3) is 0.625. The normalized spacial score (nSPS) is 17.6. The van der Waals surface area contributed by atoms with E-state index in [1.165, 1.54) is 24.8 Å². The molecule has 1 aliphatic rings. The maximum Gasteiger partial charge on any atom is 0.124 e. The molecule has 0 amide bonds. The quantitative estimate of drug-likeness (QED) is 0.826. The maximum atomic E-state index is 5.84. The molecule has 0 spiro atoms. The third kappa shape index (κ3) is 3.49. The molecule has 2 heteroatoms. The Morgan fingerprint density at radius 2 is 1.94 bits per heavy atom. The van der Waals surface area contributed by atoms with E-state index in [2.05, 4.69) is 44.3 Å². The van der Waals surface area contributed by atoms with E-state index in [0.717, 1.165) is 18.2 Å². The van der Waals surface area contributed by atoms with E-state index in [9.17, 15) is 0 Å². The number of ether oxygens (including phenoxy) is 1. The average molecular weight is 247 g/mol. The minimum atomic E-state index is 0.232. The number of para-hydroxylation sites is 1. The van der Waals surface area contributed by atoms with Gasteiger partial charge in [0.15, 0.2) is 0 Å². The van der Waals surface area contributed by atoms with Crippen molar-refractivity contribution >= 4 is 0 Å². The first-order valence-electron chi connectivity index (χ1n) is 7.14. The van der Waals surface area contributed by atoms with Crippen LogP contribution in [-0.4, -0.2) is 12.1 Å². The van der Waals surface area contributed by atoms with Crippen LogP contribution in [0.5, 0.6) is 5.75 Å². The molecule has 0 saturated heterocycles. The van der Waals surface area contributed by atoms with Gasteiger partial charge in [0.25, 0.3) is 0 Å². The van der Waals surface area contributed by atoms with Crippen LogP contribution in [-0.2, 0) is 6.54 Å². The van der Waals surface area contributed by atoms with Crippen LogP contribution in [0.2, 0.25) is 0 Å². The topological polar surface area (TPSA) is 21.3 Å². The zero-order valence-electron chi connectivity index (χ0n) is 11.8. The second kappa shape index (κ2) is 6.24. The lowest BCUT2D eigenvalue weighted by Gasteiger charge is -2.32. The van der Waals surface area contributed by atoms with Crippen LogP contribution in [0.1, 0.15) is 45.6 Å². The summed E-state index contributed by atoms with van der Waals surface area (Å²) in [6, 6.07) is 8.95. The molecule has 1 N–H and O–H groups in total. The van der Waals surface area contributed by atoms with Crippen molar-refractivity contribution < 1.29 is 4.74 Å². The van der Waals surface area contributed by atoms with Crippen molar-refractivity contribution in [3.63, 3.8) is 0 Å². The molecule has 1 fully saturated rings. The van der Waals surface area contributed by atoms with E-state index in [0.29, 0.717) is 6.04 Å². The van der Waals surface area contributed by atoms with Crippen molar-refractivity contribution in [2.75, 3.05) is 0 Å². The van der Waals surface area contributed by atoms with Gasteiger partial charge in [-0.25, -0.2) is 0 Å². The molecule has 0 aromatic heterocycles. The average Bonchev–Trinajstić information content (AvgIpc) is 2.25. The third-order valence-electron chi connectivity index (χ3n) is 3.81. The summed E-state index contributed by atoms with van der Waals surface area (Å²) in [6.45, 7) is 7.35. The van der Waals surface area contributed by atoms with Crippen LogP contribution in [0.4, 0.5) is 0 Å². The van der Waals surface area contributed by atoms with Crippen LogP contribution in [0, 0.1) is 5.92 Å². The lowest BCUT2D eigenvalue weighted by atomic mass is 9.80. The highest BCUT2D eigenvalue weighted by Gasteiger charge is 2.23. The van der Waals surface area contributed by atoms with Crippen LogP contribution in [0.3, 0.4) is 0 Å². The van der Waals surface area contributed by atoms with E-state index in [1.54, 1.807) is 0 Å². The Kier molecular flexibility index (Phi) is 4.65. The molecule has 2 nitrogen and oxygen atoms in total. The second-order valence-electron chi connectivity index (χ2n) is 5.63. The largest absolute Gasteiger partial charge is 0.491 e. The molecule has 0 heterocycles. The fourth-order valence-corrected chi connectivity index (χ4v) is 2.40. The van der Waals surface area contributed by atoms with Crippen molar-refractivity contribution in [3.8, 4) is 5.75 Å². The van der Waals surface area contributed by atoms with Crippen LogP contribution in [0.15, 0.2) is 24.3 Å². The van der Waals surface area contributed by atoms with Gasteiger partial charge in [-0.3, -0.25) is 0 Å². The molecule has 1 atom stereocenters. The van der Waals surface area contributed by atoms with Crippen LogP contribution < -0.4 is 10.1 Å². The molecule has 1 saturated carbocycles. The Balaban J connectivity index is 1.91. The Morgan fingerprint density at radius 3 is 2.56 bits per heavy atom. The lowest BCUT2D eigenvalue weighted by molar-refractivity contribution is 0.230. The maximum absolute atomic E-state index is 5.84. The lowest BCUT2D eigenvalue weighted by Crippen LogP contribution is -2.36. The summed E-state index contributed by atoms with van der Waals surface area (Å²) in [7, 11) is 0. The second-order valence-corrected chi connectivity index (χ2v) is 5.63. The Morgan fingerprint density at radius 1 is 1.22 bits per heavy atom. The highest BCUT2D eigenvalue weighted by atomic mass is 16.5. The van der Waals surface area contributed by atoms with Crippen molar-refractivity contribution in [2.24, 2.45) is 5.92 Å². The van der Waals surface area contributed by atoms with Gasteiger partial charge in [0.2, 0.25) is 0 Å². The number of rotatable bonds is 6. The van der Waals surface area contributed by atoms with Crippen molar-refractivity contribution in [1.82, 2.24) is 5.32 Å². The number of hydrogen-bond acceptors (Lipinski definition) is 2. The van der Waals surface area contributed by atoms with E-state index in [1.807, 2.05) is 6.07 Å². The van der Waals surface area contributed by atoms with Crippen molar-refractivity contribution in [1.29, 1.82) is 0 Å². The summed E-state index contributed by atoms with van der Waals surface area (Å²) in [5, 5.41) is 3.63. The first-order chi connectivity index (χ1) is 8.66. The molecule has 100 valence electrons. The highest BCUT2D eigenvalue weighted by molar-refractivity contribution is 5.33. The summed E-state index contributed by atoms with van der Waals surface area (Å²) in [6.07, 6.45) is 4.41. The summed E-state index contributed by atoms with van der Waals surface area (Å²) >= 11 is 0. The van der Waals surface area contributed by atoms with Gasteiger partial charge in [-0.15, -0.1) is 0 Å². The Hall–Kier alpha value is -1.02. The van der Waals surface area contributed by atoms with Gasteiger partial charge < -0.3 is 10.1 Å². The summed E-state index contributed by atoms with van der Waals surface area (Å²) in [4.78, 5) is 0. The van der Waals surface area contributed by atoms with E-state index in [-0.39, 0.29) is 6.10 Å². The number of benzene rings is 1. The molecule has 1 aromatic rings. The summed E-state index contributed by atoms with van der Waals surface area (Å²) < 4.78 is 5.84.